The van der Waals surface area contributed by atoms with E-state index in [0.717, 1.165) is 12.5 Å². The average molecular weight is 87.1 g/mol. The third kappa shape index (κ3) is 0.381. The first kappa shape index (κ1) is 3.33. The van der Waals surface area contributed by atoms with Crippen molar-refractivity contribution in [2.45, 2.75) is 0 Å². The van der Waals surface area contributed by atoms with Crippen LogP contribution < -0.4 is 0 Å². The molecule has 1 rings (SSSR count). The molecule has 0 saturated carbocycles. The zero-order valence-corrected chi connectivity index (χ0v) is 2.89. The summed E-state index contributed by atoms with van der Waals surface area (Å²) >= 11 is 0. The molecule has 0 aromatic carbocycles. The van der Waals surface area contributed by atoms with E-state index >= 15 is 0 Å². The van der Waals surface area contributed by atoms with Gasteiger partial charge in [0.25, 0.3) is 0 Å². The second kappa shape index (κ2) is 1.08. The lowest BCUT2D eigenvalue weighted by atomic mass is 10.7. The molecule has 0 radical (unpaired) electrons. The van der Waals surface area contributed by atoms with E-state index in [1.54, 1.807) is 0 Å². The number of hydrogen-bond acceptors (Lipinski definition) is 2. The van der Waals surface area contributed by atoms with Crippen LogP contribution in [-0.4, -0.2) is 5.16 Å². The molecule has 0 spiro atoms. The molecule has 0 aliphatic carbocycles. The number of rotatable bonds is 0. The van der Waals surface area contributed by atoms with Crippen LogP contribution in [0.25, 0.3) is 0 Å². The van der Waals surface area contributed by atoms with Crippen molar-refractivity contribution < 1.29 is 8.91 Å². The van der Waals surface area contributed by atoms with E-state index in [0.29, 0.717) is 0 Å². The molecular weight excluding hydrogens is 85.0 g/mol. The molecule has 0 amide bonds. The quantitative estimate of drug-likeness (QED) is 0.468. The molecule has 1 heterocycles. The number of halogens is 1. The third-order valence-corrected chi connectivity index (χ3v) is 0.402. The SMILES string of the molecule is Fc1cnoc1. The Morgan fingerprint density at radius 3 is 2.83 bits per heavy atom. The number of hydrogen-bond donors (Lipinski definition) is 0. The fourth-order valence-electron chi connectivity index (χ4n) is 0.192. The Labute approximate surface area is 33.6 Å². The van der Waals surface area contributed by atoms with E-state index in [2.05, 4.69) is 9.68 Å². The predicted octanol–water partition coefficient (Wildman–Crippen LogP) is 0.814. The highest BCUT2D eigenvalue weighted by Gasteiger charge is 1.83. The van der Waals surface area contributed by atoms with Gasteiger partial charge in [0, 0.05) is 0 Å². The van der Waals surface area contributed by atoms with Gasteiger partial charge in [-0.05, 0) is 0 Å². The third-order valence-electron chi connectivity index (χ3n) is 0.402. The van der Waals surface area contributed by atoms with Gasteiger partial charge in [-0.1, -0.05) is 5.16 Å². The first-order chi connectivity index (χ1) is 2.89. The molecule has 1 aromatic rings. The standard InChI is InChI=1S/C3H2FNO/c4-3-1-5-6-2-3/h1-2H. The van der Waals surface area contributed by atoms with Crippen molar-refractivity contribution in [2.75, 3.05) is 0 Å². The molecule has 3 heteroatoms. The first-order valence-electron chi connectivity index (χ1n) is 1.44. The van der Waals surface area contributed by atoms with Gasteiger partial charge < -0.3 is 4.52 Å². The van der Waals surface area contributed by atoms with Gasteiger partial charge >= 0.3 is 0 Å². The van der Waals surface area contributed by atoms with Crippen LogP contribution in [0.4, 0.5) is 4.39 Å². The van der Waals surface area contributed by atoms with Crippen molar-refractivity contribution >= 4 is 0 Å². The van der Waals surface area contributed by atoms with Crippen molar-refractivity contribution in [3.63, 3.8) is 0 Å². The molecule has 0 saturated heterocycles. The molecule has 0 fully saturated rings. The van der Waals surface area contributed by atoms with Crippen LogP contribution in [-0.2, 0) is 0 Å². The molecule has 0 unspecified atom stereocenters. The predicted molar refractivity (Wildman–Crippen MR) is 16.5 cm³/mol. The topological polar surface area (TPSA) is 26.0 Å². The highest BCUT2D eigenvalue weighted by Crippen LogP contribution is 1.88. The summed E-state index contributed by atoms with van der Waals surface area (Å²) in [6, 6.07) is 0. The Morgan fingerprint density at radius 1 is 1.83 bits per heavy atom. The molecule has 2 nitrogen and oxygen atoms in total. The fraction of sp³-hybridized carbons (Fsp3) is 0. The average Bonchev–Trinajstić information content (AvgIpc) is 1.86. The summed E-state index contributed by atoms with van der Waals surface area (Å²) in [7, 11) is 0. The lowest BCUT2D eigenvalue weighted by molar-refractivity contribution is 0.414. The minimum atomic E-state index is -0.435. The summed E-state index contributed by atoms with van der Waals surface area (Å²) in [6.07, 6.45) is 1.93. The van der Waals surface area contributed by atoms with Crippen LogP contribution >= 0.6 is 0 Å². The maximum atomic E-state index is 11.5. The number of aromatic nitrogens is 1. The maximum absolute atomic E-state index is 11.5. The van der Waals surface area contributed by atoms with E-state index in [1.807, 2.05) is 0 Å². The van der Waals surface area contributed by atoms with Crippen molar-refractivity contribution in [3.8, 4) is 0 Å². The van der Waals surface area contributed by atoms with E-state index in [1.165, 1.54) is 0 Å². The van der Waals surface area contributed by atoms with Gasteiger partial charge in [-0.15, -0.1) is 0 Å². The molecule has 32 valence electrons. The van der Waals surface area contributed by atoms with Gasteiger partial charge in [-0.25, -0.2) is 4.39 Å². The molecular formula is C3H2FNO. The van der Waals surface area contributed by atoms with E-state index < -0.39 is 5.82 Å². The smallest absolute Gasteiger partial charge is 0.182 e. The summed E-state index contributed by atoms with van der Waals surface area (Å²) in [5, 5.41) is 3.07. The zero-order valence-electron chi connectivity index (χ0n) is 2.89. The molecule has 1 aromatic heterocycles. The van der Waals surface area contributed by atoms with Crippen LogP contribution in [0.1, 0.15) is 0 Å². The van der Waals surface area contributed by atoms with Crippen LogP contribution in [0.3, 0.4) is 0 Å². The molecule has 6 heavy (non-hydrogen) atoms. The second-order valence-electron chi connectivity index (χ2n) is 0.843. The van der Waals surface area contributed by atoms with E-state index in [4.69, 9.17) is 0 Å². The normalized spacial score (nSPS) is 8.83. The van der Waals surface area contributed by atoms with E-state index in [9.17, 15) is 4.39 Å². The lowest BCUT2D eigenvalue weighted by Gasteiger charge is -1.55. The van der Waals surface area contributed by atoms with Crippen molar-refractivity contribution in [1.29, 1.82) is 0 Å². The Hall–Kier alpha value is -0.860. The van der Waals surface area contributed by atoms with Gasteiger partial charge in [0.2, 0.25) is 0 Å². The van der Waals surface area contributed by atoms with E-state index in [-0.39, 0.29) is 0 Å². The van der Waals surface area contributed by atoms with Crippen LogP contribution in [0.15, 0.2) is 17.0 Å². The van der Waals surface area contributed by atoms with Gasteiger partial charge in [-0.3, -0.25) is 0 Å². The summed E-state index contributed by atoms with van der Waals surface area (Å²) < 4.78 is 15.6. The number of nitrogens with zero attached hydrogens (tertiary/aromatic N) is 1. The zero-order chi connectivity index (χ0) is 4.41. The minimum absolute atomic E-state index is 0.435. The van der Waals surface area contributed by atoms with Crippen LogP contribution in [0.2, 0.25) is 0 Å². The van der Waals surface area contributed by atoms with Crippen LogP contribution in [0.5, 0.6) is 0 Å². The highest BCUT2D eigenvalue weighted by molar-refractivity contribution is 4.75. The van der Waals surface area contributed by atoms with Gasteiger partial charge in [0.1, 0.15) is 6.20 Å². The Bertz CT molecular complexity index is 114. The van der Waals surface area contributed by atoms with Gasteiger partial charge in [-0.2, -0.15) is 0 Å². The Morgan fingerprint density at radius 2 is 2.67 bits per heavy atom. The van der Waals surface area contributed by atoms with Gasteiger partial charge in [0.05, 0.1) is 0 Å². The molecule has 0 atom stereocenters. The van der Waals surface area contributed by atoms with Crippen LogP contribution in [0, 0.1) is 5.82 Å². The molecule has 0 N–H and O–H groups in total. The summed E-state index contributed by atoms with van der Waals surface area (Å²) in [4.78, 5) is 0. The Kier molecular flexibility index (Phi) is 0.602. The monoisotopic (exact) mass is 87.0 g/mol. The van der Waals surface area contributed by atoms with Crippen molar-refractivity contribution in [2.24, 2.45) is 0 Å². The summed E-state index contributed by atoms with van der Waals surface area (Å²) in [5.74, 6) is -0.435. The molecule has 0 aliphatic rings. The van der Waals surface area contributed by atoms with Crippen molar-refractivity contribution in [3.05, 3.63) is 18.3 Å². The fourth-order valence-corrected chi connectivity index (χ4v) is 0.192. The highest BCUT2D eigenvalue weighted by atomic mass is 19.1. The molecule has 0 bridgehead atoms. The lowest BCUT2D eigenvalue weighted by Crippen LogP contribution is -1.51. The van der Waals surface area contributed by atoms with Gasteiger partial charge in [0.15, 0.2) is 12.1 Å². The first-order valence-corrected chi connectivity index (χ1v) is 1.44. The maximum Gasteiger partial charge on any atom is 0.182 e. The molecule has 0 aliphatic heterocycles. The second-order valence-corrected chi connectivity index (χ2v) is 0.843. The largest absolute Gasteiger partial charge is 0.362 e. The summed E-state index contributed by atoms with van der Waals surface area (Å²) in [6.45, 7) is 0. The van der Waals surface area contributed by atoms with Crippen molar-refractivity contribution in [1.82, 2.24) is 5.16 Å². The summed E-state index contributed by atoms with van der Waals surface area (Å²) in [5.41, 5.74) is 0. The minimum Gasteiger partial charge on any atom is -0.362 e. The Balaban J connectivity index is 3.05.